The topological polar surface area (TPSA) is 46.5 Å². The molecular formula is C15H14O3. The molecule has 2 aromatic rings. The maximum atomic E-state index is 10.7. The van der Waals surface area contributed by atoms with Gasteiger partial charge in [0.05, 0.1) is 5.56 Å². The molecular weight excluding hydrogens is 228 g/mol. The monoisotopic (exact) mass is 242 g/mol. The third kappa shape index (κ3) is 2.51. The summed E-state index contributed by atoms with van der Waals surface area (Å²) in [6.45, 7) is 4.02. The predicted molar refractivity (Wildman–Crippen MR) is 69.4 cm³/mol. The molecule has 0 spiro atoms. The van der Waals surface area contributed by atoms with Crippen LogP contribution in [0.1, 0.15) is 21.5 Å². The Morgan fingerprint density at radius 1 is 1.06 bits per heavy atom. The third-order valence-electron chi connectivity index (χ3n) is 2.88. The van der Waals surface area contributed by atoms with Crippen molar-refractivity contribution < 1.29 is 14.6 Å². The molecule has 92 valence electrons. The van der Waals surface area contributed by atoms with Crippen LogP contribution < -0.4 is 4.74 Å². The summed E-state index contributed by atoms with van der Waals surface area (Å²) in [5.74, 6) is 0.486. The molecule has 3 nitrogen and oxygen atoms in total. The fourth-order valence-corrected chi connectivity index (χ4v) is 1.63. The van der Waals surface area contributed by atoms with Gasteiger partial charge >= 0.3 is 5.97 Å². The lowest BCUT2D eigenvalue weighted by Gasteiger charge is -2.10. The molecule has 1 N–H and O–H groups in total. The molecule has 0 fully saturated rings. The van der Waals surface area contributed by atoms with Gasteiger partial charge in [-0.3, -0.25) is 0 Å². The first kappa shape index (κ1) is 12.2. The standard InChI is InChI=1S/C15H14O3/c1-10-4-3-5-14(11(10)2)18-13-8-6-12(7-9-13)15(16)17/h3-9H,1-2H3,(H,16,17). The third-order valence-corrected chi connectivity index (χ3v) is 2.88. The van der Waals surface area contributed by atoms with Gasteiger partial charge in [-0.2, -0.15) is 0 Å². The number of rotatable bonds is 3. The van der Waals surface area contributed by atoms with E-state index in [0.717, 1.165) is 16.9 Å². The minimum Gasteiger partial charge on any atom is -0.478 e. The lowest BCUT2D eigenvalue weighted by atomic mass is 10.1. The summed E-state index contributed by atoms with van der Waals surface area (Å²) in [6.07, 6.45) is 0. The predicted octanol–water partition coefficient (Wildman–Crippen LogP) is 3.79. The average Bonchev–Trinajstić information content (AvgIpc) is 2.36. The second-order valence-electron chi connectivity index (χ2n) is 4.13. The molecule has 0 atom stereocenters. The summed E-state index contributed by atoms with van der Waals surface area (Å²) in [7, 11) is 0. The van der Waals surface area contributed by atoms with Crippen LogP contribution in [0.2, 0.25) is 0 Å². The molecule has 18 heavy (non-hydrogen) atoms. The normalized spacial score (nSPS) is 10.1. The van der Waals surface area contributed by atoms with Crippen LogP contribution in [0.3, 0.4) is 0 Å². The highest BCUT2D eigenvalue weighted by Crippen LogP contribution is 2.26. The molecule has 0 amide bonds. The second-order valence-corrected chi connectivity index (χ2v) is 4.13. The molecule has 0 saturated heterocycles. The van der Waals surface area contributed by atoms with Gasteiger partial charge in [0.25, 0.3) is 0 Å². The maximum absolute atomic E-state index is 10.7. The molecule has 0 aliphatic rings. The Hall–Kier alpha value is -2.29. The second kappa shape index (κ2) is 4.92. The van der Waals surface area contributed by atoms with Gasteiger partial charge in [0.15, 0.2) is 0 Å². The van der Waals surface area contributed by atoms with Crippen LogP contribution in [0.25, 0.3) is 0 Å². The van der Waals surface area contributed by atoms with Crippen molar-refractivity contribution in [3.63, 3.8) is 0 Å². The van der Waals surface area contributed by atoms with E-state index in [1.165, 1.54) is 12.1 Å². The van der Waals surface area contributed by atoms with Crippen molar-refractivity contribution in [1.82, 2.24) is 0 Å². The summed E-state index contributed by atoms with van der Waals surface area (Å²) in [6, 6.07) is 12.2. The number of aryl methyl sites for hydroxylation is 1. The SMILES string of the molecule is Cc1cccc(Oc2ccc(C(=O)O)cc2)c1C. The minimum absolute atomic E-state index is 0.253. The lowest BCUT2D eigenvalue weighted by Crippen LogP contribution is -1.95. The van der Waals surface area contributed by atoms with Crippen molar-refractivity contribution in [3.05, 3.63) is 59.2 Å². The molecule has 0 unspecified atom stereocenters. The largest absolute Gasteiger partial charge is 0.478 e. The molecule has 3 heteroatoms. The van der Waals surface area contributed by atoms with E-state index in [4.69, 9.17) is 9.84 Å². The first-order valence-corrected chi connectivity index (χ1v) is 5.65. The van der Waals surface area contributed by atoms with E-state index in [2.05, 4.69) is 0 Å². The number of carboxylic acids is 1. The molecule has 0 bridgehead atoms. The molecule has 0 aliphatic carbocycles. The number of benzene rings is 2. The highest BCUT2D eigenvalue weighted by Gasteiger charge is 2.05. The number of hydrogen-bond acceptors (Lipinski definition) is 2. The molecule has 0 radical (unpaired) electrons. The number of ether oxygens (including phenoxy) is 1. The van der Waals surface area contributed by atoms with Crippen LogP contribution in [-0.2, 0) is 0 Å². The summed E-state index contributed by atoms with van der Waals surface area (Å²) in [5.41, 5.74) is 2.50. The van der Waals surface area contributed by atoms with Crippen molar-refractivity contribution in [2.24, 2.45) is 0 Å². The van der Waals surface area contributed by atoms with Crippen LogP contribution in [0, 0.1) is 13.8 Å². The summed E-state index contributed by atoms with van der Waals surface area (Å²) in [4.78, 5) is 10.7. The Bertz CT molecular complexity index is 571. The highest BCUT2D eigenvalue weighted by atomic mass is 16.5. The van der Waals surface area contributed by atoms with Crippen LogP contribution in [0.15, 0.2) is 42.5 Å². The van der Waals surface area contributed by atoms with E-state index in [9.17, 15) is 4.79 Å². The highest BCUT2D eigenvalue weighted by molar-refractivity contribution is 5.87. The molecule has 0 heterocycles. The fraction of sp³-hybridized carbons (Fsp3) is 0.133. The Morgan fingerprint density at radius 3 is 2.33 bits per heavy atom. The zero-order valence-corrected chi connectivity index (χ0v) is 10.3. The zero-order chi connectivity index (χ0) is 13.1. The average molecular weight is 242 g/mol. The lowest BCUT2D eigenvalue weighted by molar-refractivity contribution is 0.0697. The number of carboxylic acid groups (broad SMARTS) is 1. The van der Waals surface area contributed by atoms with Crippen molar-refractivity contribution >= 4 is 5.97 Å². The zero-order valence-electron chi connectivity index (χ0n) is 10.3. The molecule has 2 rings (SSSR count). The number of aromatic carboxylic acids is 1. The van der Waals surface area contributed by atoms with Crippen molar-refractivity contribution in [1.29, 1.82) is 0 Å². The fourth-order valence-electron chi connectivity index (χ4n) is 1.63. The van der Waals surface area contributed by atoms with E-state index >= 15 is 0 Å². The van der Waals surface area contributed by atoms with Crippen LogP contribution in [0.4, 0.5) is 0 Å². The van der Waals surface area contributed by atoms with Gasteiger partial charge in [-0.05, 0) is 55.3 Å². The van der Waals surface area contributed by atoms with Crippen LogP contribution in [0.5, 0.6) is 11.5 Å². The van der Waals surface area contributed by atoms with Gasteiger partial charge in [-0.15, -0.1) is 0 Å². The Balaban J connectivity index is 2.24. The minimum atomic E-state index is -0.937. The Labute approximate surface area is 106 Å². The van der Waals surface area contributed by atoms with Crippen LogP contribution >= 0.6 is 0 Å². The van der Waals surface area contributed by atoms with Gasteiger partial charge < -0.3 is 9.84 Å². The van der Waals surface area contributed by atoms with Gasteiger partial charge in [0.2, 0.25) is 0 Å². The van der Waals surface area contributed by atoms with Crippen molar-refractivity contribution in [3.8, 4) is 11.5 Å². The molecule has 2 aromatic carbocycles. The van der Waals surface area contributed by atoms with E-state index in [0.29, 0.717) is 5.75 Å². The van der Waals surface area contributed by atoms with Gasteiger partial charge in [-0.1, -0.05) is 12.1 Å². The number of carbonyl (C=O) groups is 1. The summed E-state index contributed by atoms with van der Waals surface area (Å²) in [5, 5.41) is 8.81. The maximum Gasteiger partial charge on any atom is 0.335 e. The number of hydrogen-bond donors (Lipinski definition) is 1. The van der Waals surface area contributed by atoms with E-state index < -0.39 is 5.97 Å². The first-order valence-electron chi connectivity index (χ1n) is 5.65. The van der Waals surface area contributed by atoms with E-state index in [1.807, 2.05) is 32.0 Å². The quantitative estimate of drug-likeness (QED) is 0.890. The smallest absolute Gasteiger partial charge is 0.335 e. The van der Waals surface area contributed by atoms with Crippen LogP contribution in [-0.4, -0.2) is 11.1 Å². The summed E-state index contributed by atoms with van der Waals surface area (Å²) >= 11 is 0. The Morgan fingerprint density at radius 2 is 1.72 bits per heavy atom. The van der Waals surface area contributed by atoms with Gasteiger partial charge in [0.1, 0.15) is 11.5 Å². The summed E-state index contributed by atoms with van der Waals surface area (Å²) < 4.78 is 5.73. The molecule has 0 aliphatic heterocycles. The Kier molecular flexibility index (Phi) is 3.33. The van der Waals surface area contributed by atoms with Gasteiger partial charge in [-0.25, -0.2) is 4.79 Å². The van der Waals surface area contributed by atoms with Gasteiger partial charge in [0, 0.05) is 0 Å². The molecule has 0 saturated carbocycles. The van der Waals surface area contributed by atoms with E-state index in [1.54, 1.807) is 12.1 Å². The molecule has 0 aromatic heterocycles. The first-order chi connectivity index (χ1) is 8.58. The van der Waals surface area contributed by atoms with E-state index in [-0.39, 0.29) is 5.56 Å². The van der Waals surface area contributed by atoms with Crippen molar-refractivity contribution in [2.45, 2.75) is 13.8 Å². The van der Waals surface area contributed by atoms with Crippen molar-refractivity contribution in [2.75, 3.05) is 0 Å².